The van der Waals surface area contributed by atoms with Crippen LogP contribution in [0.2, 0.25) is 0 Å². The molecule has 8 rings (SSSR count). The first-order valence-electron chi connectivity index (χ1n) is 23.5. The van der Waals surface area contributed by atoms with Crippen LogP contribution in [0.4, 0.5) is 24.5 Å². The molecule has 4 heterocycles. The van der Waals surface area contributed by atoms with Gasteiger partial charge in [-0.2, -0.15) is 18.4 Å². The highest BCUT2D eigenvalue weighted by atomic mass is 32.1. The lowest BCUT2D eigenvalue weighted by atomic mass is 10.0. The number of carbonyl (C=O) groups is 4. The van der Waals surface area contributed by atoms with Crippen molar-refractivity contribution in [1.82, 2.24) is 20.1 Å². The van der Waals surface area contributed by atoms with Gasteiger partial charge in [0.2, 0.25) is 11.8 Å². The van der Waals surface area contributed by atoms with Gasteiger partial charge in [-0.15, -0.1) is 11.3 Å². The third kappa shape index (κ3) is 10.4. The molecule has 0 aliphatic carbocycles. The zero-order chi connectivity index (χ0) is 50.9. The minimum Gasteiger partial charge on any atom is -0.494 e. The molecular weight excluding hydrogens is 952 g/mol. The molecule has 1 aromatic heterocycles. The molecule has 2 saturated heterocycles. The predicted molar refractivity (Wildman–Crippen MR) is 267 cm³/mol. The molecule has 2 fully saturated rings. The number of unbranched alkanes of at least 4 members (excludes halogenated alkanes) is 2. The van der Waals surface area contributed by atoms with Crippen molar-refractivity contribution in [1.29, 1.82) is 5.26 Å². The Hall–Kier alpha value is -6.68. The molecule has 18 heteroatoms. The second-order valence-corrected chi connectivity index (χ2v) is 20.2. The highest BCUT2D eigenvalue weighted by Crippen LogP contribution is 2.40. The van der Waals surface area contributed by atoms with E-state index in [0.29, 0.717) is 23.6 Å². The third-order valence-electron chi connectivity index (χ3n) is 13.3. The molecule has 0 saturated carbocycles. The summed E-state index contributed by atoms with van der Waals surface area (Å²) in [5.41, 5.74) is 4.69. The Kier molecular flexibility index (Phi) is 14.7. The molecule has 71 heavy (non-hydrogen) atoms. The van der Waals surface area contributed by atoms with Gasteiger partial charge in [-0.1, -0.05) is 50.2 Å². The molecule has 3 atom stereocenters. The largest absolute Gasteiger partial charge is 0.494 e. The number of anilines is 2. The second-order valence-electron chi connectivity index (χ2n) is 19.0. The molecule has 2 N–H and O–H groups in total. The number of likely N-dealkylation sites (tertiary alicyclic amines) is 1. The van der Waals surface area contributed by atoms with Crippen LogP contribution in [0.5, 0.6) is 5.75 Å². The Morgan fingerprint density at radius 3 is 2.35 bits per heavy atom. The van der Waals surface area contributed by atoms with Gasteiger partial charge < -0.3 is 29.9 Å². The van der Waals surface area contributed by atoms with E-state index in [1.165, 1.54) is 11.0 Å². The van der Waals surface area contributed by atoms with Gasteiger partial charge in [0.25, 0.3) is 11.8 Å². The van der Waals surface area contributed by atoms with E-state index < -0.39 is 46.9 Å². The summed E-state index contributed by atoms with van der Waals surface area (Å²) in [6.45, 7) is 9.95. The quantitative estimate of drug-likeness (QED) is 0.0722. The number of aryl methyl sites for hydroxylation is 2. The number of amides is 4. The highest BCUT2D eigenvalue weighted by Gasteiger charge is 2.51. The number of thiocarbonyl (C=S) groups is 1. The molecule has 0 bridgehead atoms. The topological polar surface area (TPSA) is 159 Å². The van der Waals surface area contributed by atoms with Gasteiger partial charge >= 0.3 is 6.18 Å². The van der Waals surface area contributed by atoms with E-state index >= 15 is 0 Å². The second kappa shape index (κ2) is 20.6. The molecule has 0 spiro atoms. The summed E-state index contributed by atoms with van der Waals surface area (Å²) in [6.07, 6.45) is -2.32. The van der Waals surface area contributed by atoms with Crippen molar-refractivity contribution in [2.45, 2.75) is 110 Å². The van der Waals surface area contributed by atoms with E-state index in [1.54, 1.807) is 65.3 Å². The van der Waals surface area contributed by atoms with E-state index in [1.807, 2.05) is 68.7 Å². The van der Waals surface area contributed by atoms with E-state index in [4.69, 9.17) is 17.0 Å². The summed E-state index contributed by atoms with van der Waals surface area (Å²) in [5, 5.41) is 22.9. The normalized spacial score (nSPS) is 18.1. The van der Waals surface area contributed by atoms with Gasteiger partial charge in [0.1, 0.15) is 23.4 Å². The molecule has 0 radical (unpaired) electrons. The van der Waals surface area contributed by atoms with E-state index in [-0.39, 0.29) is 60.5 Å². The maximum atomic E-state index is 14.4. The zero-order valence-electron chi connectivity index (χ0n) is 40.0. The summed E-state index contributed by atoms with van der Waals surface area (Å²) >= 11 is 7.22. The third-order valence-corrected chi connectivity index (χ3v) is 14.7. The van der Waals surface area contributed by atoms with Gasteiger partial charge in [-0.25, -0.2) is 4.98 Å². The standard InChI is InChI=1S/C53H54F3N7O6S2/c1-31(2)45(49(67)60-29-40(64)25-44(60)47(65)58-27-34-10-13-35(14-11-34)46-32(3)59-30-71-46)61-28-37-23-33(12-21-42(37)48(61)66)9-7-6-8-22-69-41-19-17-38(18-20-41)63-51(70)62(50(68)52(63,4)5)39-16-15-36(26-57)43(24-39)53(54,55)56/h10-21,23-24,30-31,40,44-45,64H,6-9,22,25,27-29H2,1-5H3,(H,58,65)/t40-,44+,45+/m1/s1. The Bertz CT molecular complexity index is 2900. The lowest BCUT2D eigenvalue weighted by molar-refractivity contribution is -0.143. The van der Waals surface area contributed by atoms with Crippen LogP contribution in [0, 0.1) is 24.2 Å². The number of carbonyl (C=O) groups excluding carboxylic acids is 4. The number of hydrogen-bond donors (Lipinski definition) is 2. The van der Waals surface area contributed by atoms with Crippen LogP contribution in [0.1, 0.15) is 97.2 Å². The average Bonchev–Trinajstić information content (AvgIpc) is 4.08. The van der Waals surface area contributed by atoms with Gasteiger partial charge in [-0.05, 0) is 135 Å². The molecule has 4 aromatic carbocycles. The number of halogens is 3. The summed E-state index contributed by atoms with van der Waals surface area (Å²) in [4.78, 5) is 66.5. The van der Waals surface area contributed by atoms with Crippen LogP contribution in [-0.2, 0) is 40.1 Å². The number of fused-ring (bicyclic) bond motifs is 1. The van der Waals surface area contributed by atoms with Crippen molar-refractivity contribution < 1.29 is 42.2 Å². The van der Waals surface area contributed by atoms with E-state index in [2.05, 4.69) is 10.3 Å². The summed E-state index contributed by atoms with van der Waals surface area (Å²) in [6, 6.07) is 23.5. The number of nitriles is 1. The van der Waals surface area contributed by atoms with Crippen LogP contribution >= 0.6 is 23.6 Å². The molecule has 5 aromatic rings. The molecule has 3 aliphatic rings. The average molecular weight is 1010 g/mol. The Balaban J connectivity index is 0.814. The molecular formula is C53H54F3N7O6S2. The molecule has 4 amide bonds. The van der Waals surface area contributed by atoms with Crippen molar-refractivity contribution in [2.24, 2.45) is 5.92 Å². The first kappa shape index (κ1) is 50.7. The van der Waals surface area contributed by atoms with Crippen molar-refractivity contribution in [2.75, 3.05) is 23.0 Å². The number of hydrogen-bond acceptors (Lipinski definition) is 10. The van der Waals surface area contributed by atoms with Crippen LogP contribution in [0.15, 0.2) is 90.4 Å². The fourth-order valence-corrected chi connectivity index (χ4v) is 11.0. The van der Waals surface area contributed by atoms with Gasteiger partial charge in [0.15, 0.2) is 5.11 Å². The first-order valence-corrected chi connectivity index (χ1v) is 24.8. The monoisotopic (exact) mass is 1010 g/mol. The van der Waals surface area contributed by atoms with Gasteiger partial charge in [-0.3, -0.25) is 24.1 Å². The lowest BCUT2D eigenvalue weighted by Crippen LogP contribution is -2.55. The number of alkyl halides is 3. The van der Waals surface area contributed by atoms with Gasteiger partial charge in [0.05, 0.1) is 51.7 Å². The molecule has 370 valence electrons. The molecule has 13 nitrogen and oxygen atoms in total. The van der Waals surface area contributed by atoms with Gasteiger partial charge in [0, 0.05) is 37.3 Å². The number of thiazole rings is 1. The number of rotatable bonds is 16. The minimum atomic E-state index is -4.80. The zero-order valence-corrected chi connectivity index (χ0v) is 41.6. The molecule has 3 aliphatic heterocycles. The fourth-order valence-electron chi connectivity index (χ4n) is 9.64. The van der Waals surface area contributed by atoms with Crippen LogP contribution in [0.25, 0.3) is 10.4 Å². The SMILES string of the molecule is Cc1ncsc1-c1ccc(CNC(=O)[C@@H]2C[C@@H](O)CN2C(=O)[C@H](C(C)C)N2Cc3cc(CCCCCOc4ccc(N5C(=S)N(c6ccc(C#N)c(C(F)(F)F)c6)C(=O)C5(C)C)cc4)ccc3C2=O)cc1. The van der Waals surface area contributed by atoms with Crippen molar-refractivity contribution >= 4 is 63.7 Å². The highest BCUT2D eigenvalue weighted by molar-refractivity contribution is 7.81. The maximum Gasteiger partial charge on any atom is 0.417 e. The van der Waals surface area contributed by atoms with Crippen molar-refractivity contribution in [3.05, 3.63) is 130 Å². The van der Waals surface area contributed by atoms with Crippen molar-refractivity contribution in [3.63, 3.8) is 0 Å². The Morgan fingerprint density at radius 2 is 1.69 bits per heavy atom. The van der Waals surface area contributed by atoms with Crippen LogP contribution < -0.4 is 19.9 Å². The molecule has 0 unspecified atom stereocenters. The minimum absolute atomic E-state index is 0.00119. The van der Waals surface area contributed by atoms with E-state index in [0.717, 1.165) is 75.5 Å². The summed E-state index contributed by atoms with van der Waals surface area (Å²) in [5.74, 6) is -1.15. The number of nitrogens with zero attached hydrogens (tertiary/aromatic N) is 6. The number of aromatic nitrogens is 1. The first-order chi connectivity index (χ1) is 33.8. The number of ether oxygens (including phenoxy) is 1. The fraction of sp³-hybridized carbons (Fsp3) is 0.377. The smallest absolute Gasteiger partial charge is 0.417 e. The van der Waals surface area contributed by atoms with Crippen LogP contribution in [0.3, 0.4) is 0 Å². The summed E-state index contributed by atoms with van der Waals surface area (Å²) in [7, 11) is 0. The van der Waals surface area contributed by atoms with Crippen molar-refractivity contribution in [3.8, 4) is 22.3 Å². The lowest BCUT2D eigenvalue weighted by Gasteiger charge is -2.35. The number of aliphatic hydroxyl groups is 1. The van der Waals surface area contributed by atoms with E-state index in [9.17, 15) is 42.7 Å². The maximum absolute atomic E-state index is 14.4. The summed E-state index contributed by atoms with van der Waals surface area (Å²) < 4.78 is 47.3. The number of aliphatic hydroxyl groups excluding tert-OH is 1. The number of β-amino-alcohol motifs (C(OH)–C–C–N with tert-alkyl or cyclic N) is 1. The number of benzene rings is 4. The Labute approximate surface area is 419 Å². The predicted octanol–water partition coefficient (Wildman–Crippen LogP) is 8.98. The number of nitrogens with one attached hydrogen (secondary N) is 1. The Morgan fingerprint density at radius 1 is 0.986 bits per heavy atom. The van der Waals surface area contributed by atoms with Crippen LogP contribution in [-0.4, -0.2) is 85.5 Å².